The maximum absolute atomic E-state index is 13.5. The number of ether oxygens (including phenoxy) is 1. The molecule has 7 nitrogen and oxygen atoms in total. The molecule has 0 radical (unpaired) electrons. The quantitative estimate of drug-likeness (QED) is 0.264. The number of aromatic nitrogens is 1. The molecule has 4 rings (SSSR count). The Bertz CT molecular complexity index is 1470. The number of carbonyl (C=O) groups excluding carboxylic acids is 3. The molecule has 4 aromatic rings. The second kappa shape index (κ2) is 10.6. The number of benzene rings is 2. The number of aryl methyl sites for hydroxylation is 2. The number of nitrogens with one attached hydrogen (secondary N) is 2. The zero-order valence-corrected chi connectivity index (χ0v) is 22.0. The van der Waals surface area contributed by atoms with Crippen molar-refractivity contribution in [3.05, 3.63) is 80.8 Å². The van der Waals surface area contributed by atoms with Crippen LogP contribution in [-0.4, -0.2) is 29.0 Å². The second-order valence-corrected chi connectivity index (χ2v) is 9.59. The third-order valence-electron chi connectivity index (χ3n) is 5.92. The molecule has 0 aliphatic heterocycles. The lowest BCUT2D eigenvalue weighted by Gasteiger charge is -2.10. The topological polar surface area (TPSA) is 89.4 Å². The molecule has 36 heavy (non-hydrogen) atoms. The van der Waals surface area contributed by atoms with Crippen LogP contribution in [0.3, 0.4) is 0 Å². The molecule has 0 aliphatic rings. The number of thiophene rings is 1. The van der Waals surface area contributed by atoms with E-state index < -0.39 is 11.9 Å². The van der Waals surface area contributed by atoms with Gasteiger partial charge in [-0.05, 0) is 69.2 Å². The molecule has 0 spiro atoms. The van der Waals surface area contributed by atoms with Crippen LogP contribution in [0.4, 0.5) is 10.7 Å². The Morgan fingerprint density at radius 2 is 1.64 bits per heavy atom. The van der Waals surface area contributed by atoms with Crippen molar-refractivity contribution in [1.82, 2.24) is 4.57 Å². The first-order valence-electron chi connectivity index (χ1n) is 11.5. The summed E-state index contributed by atoms with van der Waals surface area (Å²) in [6.07, 6.45) is 0. The van der Waals surface area contributed by atoms with Crippen LogP contribution in [0.1, 0.15) is 55.5 Å². The third kappa shape index (κ3) is 4.74. The number of carbonyl (C=O) groups is 3. The van der Waals surface area contributed by atoms with E-state index in [1.54, 1.807) is 38.1 Å². The number of esters is 1. The summed E-state index contributed by atoms with van der Waals surface area (Å²) in [6, 6.07) is 14.5. The molecule has 0 saturated carbocycles. The van der Waals surface area contributed by atoms with Crippen LogP contribution >= 0.6 is 22.9 Å². The van der Waals surface area contributed by atoms with E-state index in [0.29, 0.717) is 33.4 Å². The molecule has 186 valence electrons. The molecular weight excluding hydrogens is 498 g/mol. The number of hydrogen-bond donors (Lipinski definition) is 2. The summed E-state index contributed by atoms with van der Waals surface area (Å²) in [7, 11) is 0. The normalized spacial score (nSPS) is 10.9. The number of hydrogen-bond acceptors (Lipinski definition) is 5. The van der Waals surface area contributed by atoms with Crippen molar-refractivity contribution in [3.63, 3.8) is 0 Å². The molecule has 0 bridgehead atoms. The highest BCUT2D eigenvalue weighted by Crippen LogP contribution is 2.35. The maximum Gasteiger partial charge on any atom is 0.341 e. The van der Waals surface area contributed by atoms with Gasteiger partial charge in [0.25, 0.3) is 11.8 Å². The first kappa shape index (κ1) is 25.5. The van der Waals surface area contributed by atoms with E-state index >= 15 is 0 Å². The molecule has 2 heterocycles. The van der Waals surface area contributed by atoms with Crippen molar-refractivity contribution in [3.8, 4) is 0 Å². The highest BCUT2D eigenvalue weighted by atomic mass is 35.5. The lowest BCUT2D eigenvalue weighted by Crippen LogP contribution is -2.19. The van der Waals surface area contributed by atoms with Crippen molar-refractivity contribution in [1.29, 1.82) is 0 Å². The number of rotatable bonds is 7. The fourth-order valence-electron chi connectivity index (χ4n) is 4.25. The van der Waals surface area contributed by atoms with E-state index in [1.807, 2.05) is 42.7 Å². The fourth-order valence-corrected chi connectivity index (χ4v) is 5.46. The highest BCUT2D eigenvalue weighted by molar-refractivity contribution is 7.19. The van der Waals surface area contributed by atoms with E-state index in [-0.39, 0.29) is 23.1 Å². The van der Waals surface area contributed by atoms with Gasteiger partial charge in [0.05, 0.1) is 17.0 Å². The monoisotopic (exact) mass is 523 g/mol. The summed E-state index contributed by atoms with van der Waals surface area (Å²) in [5.41, 5.74) is 3.48. The lowest BCUT2D eigenvalue weighted by molar-refractivity contribution is 0.0527. The molecule has 2 N–H and O–H groups in total. The maximum atomic E-state index is 13.5. The van der Waals surface area contributed by atoms with E-state index in [2.05, 4.69) is 10.6 Å². The number of nitrogens with zero attached hydrogens (tertiary/aromatic N) is 1. The van der Waals surface area contributed by atoms with Gasteiger partial charge in [-0.3, -0.25) is 9.59 Å². The Hall–Kier alpha value is -3.62. The minimum atomic E-state index is -0.597. The van der Waals surface area contributed by atoms with Crippen LogP contribution in [0.25, 0.3) is 10.9 Å². The first-order valence-corrected chi connectivity index (χ1v) is 12.7. The van der Waals surface area contributed by atoms with Gasteiger partial charge in [0.1, 0.15) is 10.7 Å². The van der Waals surface area contributed by atoms with Gasteiger partial charge in [-0.2, -0.15) is 0 Å². The molecule has 2 aromatic carbocycles. The van der Waals surface area contributed by atoms with E-state index in [4.69, 9.17) is 16.3 Å². The van der Waals surface area contributed by atoms with Gasteiger partial charge in [-0.25, -0.2) is 4.79 Å². The summed E-state index contributed by atoms with van der Waals surface area (Å²) >= 11 is 6.97. The van der Waals surface area contributed by atoms with Crippen LogP contribution in [0.2, 0.25) is 5.02 Å². The van der Waals surface area contributed by atoms with Crippen molar-refractivity contribution in [2.45, 2.75) is 34.2 Å². The van der Waals surface area contributed by atoms with Crippen LogP contribution in [0.5, 0.6) is 0 Å². The average Bonchev–Trinajstić information content (AvgIpc) is 3.34. The number of fused-ring (bicyclic) bond motifs is 1. The Labute approximate surface area is 218 Å². The number of amides is 2. The summed E-state index contributed by atoms with van der Waals surface area (Å²) in [6.45, 7) is 8.01. The molecule has 0 aliphatic carbocycles. The molecular formula is C27H26ClN3O4S. The van der Waals surface area contributed by atoms with Gasteiger partial charge in [-0.1, -0.05) is 29.8 Å². The van der Waals surface area contributed by atoms with Gasteiger partial charge in [-0.15, -0.1) is 11.3 Å². The predicted octanol–water partition coefficient (Wildman–Crippen LogP) is 6.67. The molecule has 0 fully saturated rings. The molecule has 2 amide bonds. The van der Waals surface area contributed by atoms with E-state index in [9.17, 15) is 14.4 Å². The largest absolute Gasteiger partial charge is 0.462 e. The molecule has 0 saturated heterocycles. The van der Waals surface area contributed by atoms with Crippen LogP contribution in [0, 0.1) is 13.8 Å². The molecule has 2 aromatic heterocycles. The molecule has 0 unspecified atom stereocenters. The van der Waals surface area contributed by atoms with Gasteiger partial charge in [0.15, 0.2) is 0 Å². The highest BCUT2D eigenvalue weighted by Gasteiger charge is 2.28. The van der Waals surface area contributed by atoms with Crippen molar-refractivity contribution >= 4 is 62.3 Å². The zero-order chi connectivity index (χ0) is 26.0. The number of anilines is 2. The first-order chi connectivity index (χ1) is 17.3. The van der Waals surface area contributed by atoms with Crippen LogP contribution in [-0.2, 0) is 11.3 Å². The Balaban J connectivity index is 1.73. The Morgan fingerprint density at radius 3 is 2.31 bits per heavy atom. The van der Waals surface area contributed by atoms with Gasteiger partial charge in [0.2, 0.25) is 0 Å². The van der Waals surface area contributed by atoms with E-state index in [0.717, 1.165) is 27.8 Å². The van der Waals surface area contributed by atoms with E-state index in [1.165, 1.54) is 0 Å². The number of para-hydroxylation sites is 1. The smallest absolute Gasteiger partial charge is 0.341 e. The van der Waals surface area contributed by atoms with Gasteiger partial charge < -0.3 is 19.9 Å². The van der Waals surface area contributed by atoms with Crippen LogP contribution < -0.4 is 10.6 Å². The average molecular weight is 524 g/mol. The van der Waals surface area contributed by atoms with Crippen molar-refractivity contribution in [2.24, 2.45) is 0 Å². The fraction of sp³-hybridized carbons (Fsp3) is 0.222. The molecule has 9 heteroatoms. The Morgan fingerprint density at radius 1 is 0.944 bits per heavy atom. The third-order valence-corrected chi connectivity index (χ3v) is 7.37. The lowest BCUT2D eigenvalue weighted by atomic mass is 10.1. The van der Waals surface area contributed by atoms with Crippen LogP contribution in [0.15, 0.2) is 48.5 Å². The minimum Gasteiger partial charge on any atom is -0.462 e. The summed E-state index contributed by atoms with van der Waals surface area (Å²) in [5, 5.41) is 7.51. The summed E-state index contributed by atoms with van der Waals surface area (Å²) < 4.78 is 7.19. The molecule has 0 atom stereocenters. The summed E-state index contributed by atoms with van der Waals surface area (Å²) in [4.78, 5) is 39.8. The zero-order valence-electron chi connectivity index (χ0n) is 20.4. The SMILES string of the molecule is CCOC(=O)c1c(NC(=O)c2c(C)c3ccccc3n2CC)sc(C(=O)Nc2ccc(Cl)cc2)c1C. The standard InChI is InChI=1S/C27H26ClN3O4S/c1-5-31-20-10-8-7-9-19(20)15(3)22(31)24(32)30-26-21(27(34)35-6-2)16(4)23(36-26)25(33)29-18-13-11-17(28)12-14-18/h7-14H,5-6H2,1-4H3,(H,29,33)(H,30,32). The van der Waals surface area contributed by atoms with Gasteiger partial charge >= 0.3 is 5.97 Å². The minimum absolute atomic E-state index is 0.164. The second-order valence-electron chi connectivity index (χ2n) is 8.13. The van der Waals surface area contributed by atoms with Crippen molar-refractivity contribution < 1.29 is 19.1 Å². The predicted molar refractivity (Wildman–Crippen MR) is 145 cm³/mol. The Kier molecular flexibility index (Phi) is 7.47. The van der Waals surface area contributed by atoms with Crippen molar-refractivity contribution in [2.75, 3.05) is 17.2 Å². The summed E-state index contributed by atoms with van der Waals surface area (Å²) in [5.74, 6) is -1.36. The number of halogens is 1. The van der Waals surface area contributed by atoms with Gasteiger partial charge in [0, 0.05) is 28.2 Å².